The third-order valence-corrected chi connectivity index (χ3v) is 3.81. The van der Waals surface area contributed by atoms with Gasteiger partial charge < -0.3 is 15.2 Å². The van der Waals surface area contributed by atoms with E-state index >= 15 is 0 Å². The fourth-order valence-corrected chi connectivity index (χ4v) is 2.68. The molecule has 0 saturated heterocycles. The van der Waals surface area contributed by atoms with Gasteiger partial charge in [-0.15, -0.1) is 0 Å². The van der Waals surface area contributed by atoms with Gasteiger partial charge in [-0.25, -0.2) is 0 Å². The van der Waals surface area contributed by atoms with Crippen molar-refractivity contribution < 1.29 is 9.47 Å². The van der Waals surface area contributed by atoms with Gasteiger partial charge in [0, 0.05) is 16.5 Å². The molecule has 0 aliphatic carbocycles. The minimum Gasteiger partial charge on any atom is -0.493 e. The van der Waals surface area contributed by atoms with Crippen molar-refractivity contribution in [3.05, 3.63) is 21.7 Å². The van der Waals surface area contributed by atoms with Crippen molar-refractivity contribution in [2.75, 3.05) is 20.3 Å². The predicted molar refractivity (Wildman–Crippen MR) is 67.3 cm³/mol. The van der Waals surface area contributed by atoms with Gasteiger partial charge in [-0.2, -0.15) is 0 Å². The van der Waals surface area contributed by atoms with Gasteiger partial charge in [0.1, 0.15) is 0 Å². The highest BCUT2D eigenvalue weighted by Crippen LogP contribution is 2.42. The van der Waals surface area contributed by atoms with E-state index in [1.165, 1.54) is 11.1 Å². The maximum atomic E-state index is 5.58. The summed E-state index contributed by atoms with van der Waals surface area (Å²) in [7, 11) is 1.68. The van der Waals surface area contributed by atoms with Crippen LogP contribution in [0.15, 0.2) is 10.5 Å². The smallest absolute Gasteiger partial charge is 0.165 e. The zero-order valence-corrected chi connectivity index (χ0v) is 11.0. The van der Waals surface area contributed by atoms with Gasteiger partial charge >= 0.3 is 0 Å². The van der Waals surface area contributed by atoms with Crippen LogP contribution in [0.3, 0.4) is 0 Å². The van der Waals surface area contributed by atoms with Crippen molar-refractivity contribution in [1.82, 2.24) is 0 Å². The summed E-state index contributed by atoms with van der Waals surface area (Å²) in [5.74, 6) is 1.73. The maximum absolute atomic E-state index is 5.58. The van der Waals surface area contributed by atoms with Crippen molar-refractivity contribution >= 4 is 15.9 Å². The van der Waals surface area contributed by atoms with Crippen LogP contribution in [0.25, 0.3) is 0 Å². The first-order chi connectivity index (χ1) is 7.77. The van der Waals surface area contributed by atoms with Crippen LogP contribution < -0.4 is 15.2 Å². The van der Waals surface area contributed by atoms with Crippen LogP contribution in [-0.4, -0.2) is 20.3 Å². The van der Waals surface area contributed by atoms with E-state index in [1.54, 1.807) is 7.11 Å². The molecule has 88 valence electrons. The third kappa shape index (κ3) is 2.04. The Kier molecular flexibility index (Phi) is 3.71. The molecule has 3 nitrogen and oxygen atoms in total. The lowest BCUT2D eigenvalue weighted by atomic mass is 10.0. The van der Waals surface area contributed by atoms with Crippen LogP contribution in [-0.2, 0) is 12.8 Å². The molecule has 0 atom stereocenters. The molecule has 4 heteroatoms. The first-order valence-corrected chi connectivity index (χ1v) is 6.28. The SMILES string of the molecule is COc1cc(CCCN)c(Br)c2c1OCC2. The molecule has 1 aliphatic rings. The lowest BCUT2D eigenvalue weighted by molar-refractivity contribution is 0.326. The van der Waals surface area contributed by atoms with Crippen molar-refractivity contribution in [3.63, 3.8) is 0 Å². The average Bonchev–Trinajstić information content (AvgIpc) is 2.78. The van der Waals surface area contributed by atoms with E-state index in [4.69, 9.17) is 15.2 Å². The molecule has 0 spiro atoms. The number of nitrogens with two attached hydrogens (primary N) is 1. The Bertz CT molecular complexity index is 393. The lowest BCUT2D eigenvalue weighted by Crippen LogP contribution is -2.02. The number of benzene rings is 1. The second-order valence-electron chi connectivity index (χ2n) is 3.85. The maximum Gasteiger partial charge on any atom is 0.165 e. The topological polar surface area (TPSA) is 44.5 Å². The molecule has 2 rings (SSSR count). The highest BCUT2D eigenvalue weighted by molar-refractivity contribution is 9.10. The fraction of sp³-hybridized carbons (Fsp3) is 0.500. The number of hydrogen-bond acceptors (Lipinski definition) is 3. The van der Waals surface area contributed by atoms with E-state index in [0.29, 0.717) is 6.54 Å². The van der Waals surface area contributed by atoms with E-state index in [2.05, 4.69) is 15.9 Å². The largest absolute Gasteiger partial charge is 0.493 e. The van der Waals surface area contributed by atoms with E-state index in [1.807, 2.05) is 6.07 Å². The van der Waals surface area contributed by atoms with Crippen LogP contribution in [0.1, 0.15) is 17.5 Å². The zero-order valence-electron chi connectivity index (χ0n) is 9.38. The standard InChI is InChI=1S/C12H16BrNO2/c1-15-10-7-8(3-2-5-14)11(13)9-4-6-16-12(9)10/h7H,2-6,14H2,1H3. The van der Waals surface area contributed by atoms with Crippen molar-refractivity contribution in [2.24, 2.45) is 5.73 Å². The molecular formula is C12H16BrNO2. The van der Waals surface area contributed by atoms with Gasteiger partial charge in [0.05, 0.1) is 13.7 Å². The second kappa shape index (κ2) is 5.06. The van der Waals surface area contributed by atoms with E-state index < -0.39 is 0 Å². The summed E-state index contributed by atoms with van der Waals surface area (Å²) >= 11 is 3.65. The quantitative estimate of drug-likeness (QED) is 0.923. The highest BCUT2D eigenvalue weighted by Gasteiger charge is 2.22. The summed E-state index contributed by atoms with van der Waals surface area (Å²) in [5.41, 5.74) is 8.02. The molecule has 16 heavy (non-hydrogen) atoms. The number of hydrogen-bond donors (Lipinski definition) is 1. The molecule has 0 radical (unpaired) electrons. The highest BCUT2D eigenvalue weighted by atomic mass is 79.9. The van der Waals surface area contributed by atoms with Crippen LogP contribution in [0, 0.1) is 0 Å². The van der Waals surface area contributed by atoms with Gasteiger partial charge in [-0.05, 0) is 31.0 Å². The lowest BCUT2D eigenvalue weighted by Gasteiger charge is -2.12. The van der Waals surface area contributed by atoms with E-state index in [-0.39, 0.29) is 0 Å². The molecule has 0 aromatic heterocycles. The Balaban J connectivity index is 2.39. The van der Waals surface area contributed by atoms with Crippen molar-refractivity contribution in [1.29, 1.82) is 0 Å². The molecular weight excluding hydrogens is 270 g/mol. The number of fused-ring (bicyclic) bond motifs is 1. The first-order valence-electron chi connectivity index (χ1n) is 5.49. The van der Waals surface area contributed by atoms with Gasteiger partial charge in [-0.3, -0.25) is 0 Å². The Morgan fingerprint density at radius 2 is 2.38 bits per heavy atom. The molecule has 1 heterocycles. The minimum absolute atomic E-state index is 0.711. The summed E-state index contributed by atoms with van der Waals surface area (Å²) < 4.78 is 12.1. The number of methoxy groups -OCH3 is 1. The summed E-state index contributed by atoms with van der Waals surface area (Å²) in [4.78, 5) is 0. The molecule has 0 bridgehead atoms. The van der Waals surface area contributed by atoms with Gasteiger partial charge in [0.15, 0.2) is 11.5 Å². The summed E-state index contributed by atoms with van der Waals surface area (Å²) in [6.07, 6.45) is 2.91. The molecule has 0 saturated carbocycles. The van der Waals surface area contributed by atoms with Gasteiger partial charge in [0.2, 0.25) is 0 Å². The fourth-order valence-electron chi connectivity index (χ4n) is 1.99. The Morgan fingerprint density at radius 3 is 3.06 bits per heavy atom. The third-order valence-electron chi connectivity index (χ3n) is 2.82. The van der Waals surface area contributed by atoms with Gasteiger partial charge in [0.25, 0.3) is 0 Å². The zero-order chi connectivity index (χ0) is 11.5. The number of halogens is 1. The molecule has 0 amide bonds. The molecule has 1 aromatic rings. The number of ether oxygens (including phenoxy) is 2. The summed E-state index contributed by atoms with van der Waals surface area (Å²) in [6, 6.07) is 2.05. The molecule has 1 aromatic carbocycles. The number of aryl methyl sites for hydroxylation is 1. The second-order valence-corrected chi connectivity index (χ2v) is 4.64. The average molecular weight is 286 g/mol. The van der Waals surface area contributed by atoms with E-state index in [9.17, 15) is 0 Å². The van der Waals surface area contributed by atoms with Crippen LogP contribution in [0.5, 0.6) is 11.5 Å². The minimum atomic E-state index is 0.711. The van der Waals surface area contributed by atoms with Crippen LogP contribution in [0.4, 0.5) is 0 Å². The molecule has 0 fully saturated rings. The summed E-state index contributed by atoms with van der Waals surface area (Å²) in [6.45, 7) is 1.45. The Hall–Kier alpha value is -0.740. The predicted octanol–water partition coefficient (Wildman–Crippen LogP) is 2.28. The molecule has 1 aliphatic heterocycles. The molecule has 2 N–H and O–H groups in total. The van der Waals surface area contributed by atoms with Crippen molar-refractivity contribution in [2.45, 2.75) is 19.3 Å². The van der Waals surface area contributed by atoms with Crippen molar-refractivity contribution in [3.8, 4) is 11.5 Å². The Labute approximate surface area is 104 Å². The molecule has 0 unspecified atom stereocenters. The van der Waals surface area contributed by atoms with E-state index in [0.717, 1.165) is 41.8 Å². The van der Waals surface area contributed by atoms with Crippen LogP contribution >= 0.6 is 15.9 Å². The summed E-state index contributed by atoms with van der Waals surface area (Å²) in [5, 5.41) is 0. The first kappa shape index (κ1) is 11.7. The Morgan fingerprint density at radius 1 is 1.56 bits per heavy atom. The van der Waals surface area contributed by atoms with Crippen LogP contribution in [0.2, 0.25) is 0 Å². The monoisotopic (exact) mass is 285 g/mol. The number of rotatable bonds is 4. The van der Waals surface area contributed by atoms with Gasteiger partial charge in [-0.1, -0.05) is 15.9 Å². The normalized spacial score (nSPS) is 13.4.